The van der Waals surface area contributed by atoms with Crippen molar-refractivity contribution in [1.82, 2.24) is 9.38 Å². The number of rotatable bonds is 7. The van der Waals surface area contributed by atoms with Crippen molar-refractivity contribution in [3.8, 4) is 0 Å². The Morgan fingerprint density at radius 3 is 2.63 bits per heavy atom. The van der Waals surface area contributed by atoms with Gasteiger partial charge in [0.15, 0.2) is 0 Å². The average molecular weight is 408 g/mol. The van der Waals surface area contributed by atoms with Gasteiger partial charge in [0, 0.05) is 50.7 Å². The van der Waals surface area contributed by atoms with Crippen LogP contribution in [0.2, 0.25) is 0 Å². The maximum absolute atomic E-state index is 12.8. The van der Waals surface area contributed by atoms with Gasteiger partial charge in [-0.1, -0.05) is 24.3 Å². The molecule has 4 rings (SSSR count). The van der Waals surface area contributed by atoms with E-state index in [9.17, 15) is 4.79 Å². The zero-order valence-corrected chi connectivity index (χ0v) is 17.5. The van der Waals surface area contributed by atoms with Crippen molar-refractivity contribution in [3.63, 3.8) is 0 Å². The third-order valence-electron chi connectivity index (χ3n) is 5.47. The molecule has 0 radical (unpaired) electrons. The first-order chi connectivity index (χ1) is 14.7. The highest BCUT2D eigenvalue weighted by Crippen LogP contribution is 2.19. The summed E-state index contributed by atoms with van der Waals surface area (Å²) in [5, 5.41) is 0. The van der Waals surface area contributed by atoms with Gasteiger partial charge in [-0.25, -0.2) is 4.98 Å². The molecule has 1 aliphatic heterocycles. The third kappa shape index (κ3) is 4.47. The molecule has 30 heavy (non-hydrogen) atoms. The van der Waals surface area contributed by atoms with Crippen molar-refractivity contribution in [1.29, 1.82) is 0 Å². The summed E-state index contributed by atoms with van der Waals surface area (Å²) in [6.07, 6.45) is 2.64. The summed E-state index contributed by atoms with van der Waals surface area (Å²) in [4.78, 5) is 22.1. The molecule has 0 bridgehead atoms. The summed E-state index contributed by atoms with van der Waals surface area (Å²) in [5.41, 5.74) is 9.81. The van der Waals surface area contributed by atoms with Crippen molar-refractivity contribution in [2.75, 3.05) is 55.7 Å². The SMILES string of the molecule is Cc1cc(CCN(CCN)c2ccccc2)c2nc(N3CCOCC3)cc(=O)n2c1. The maximum Gasteiger partial charge on any atom is 0.259 e. The molecule has 0 saturated carbocycles. The third-order valence-corrected chi connectivity index (χ3v) is 5.47. The van der Waals surface area contributed by atoms with E-state index in [4.69, 9.17) is 15.5 Å². The quantitative estimate of drug-likeness (QED) is 0.644. The zero-order valence-electron chi connectivity index (χ0n) is 17.5. The molecular weight excluding hydrogens is 378 g/mol. The molecule has 1 aliphatic rings. The Labute approximate surface area is 176 Å². The summed E-state index contributed by atoms with van der Waals surface area (Å²) >= 11 is 0. The van der Waals surface area contributed by atoms with Crippen molar-refractivity contribution >= 4 is 17.2 Å². The van der Waals surface area contributed by atoms with Crippen LogP contribution < -0.4 is 21.1 Å². The number of benzene rings is 1. The molecule has 0 atom stereocenters. The normalized spacial score (nSPS) is 14.3. The van der Waals surface area contributed by atoms with Gasteiger partial charge in [-0.15, -0.1) is 0 Å². The molecule has 3 heterocycles. The number of aromatic nitrogens is 2. The first-order valence-corrected chi connectivity index (χ1v) is 10.5. The topological polar surface area (TPSA) is 76.1 Å². The predicted octanol–water partition coefficient (Wildman–Crippen LogP) is 1.85. The van der Waals surface area contributed by atoms with Crippen LogP contribution in [0.3, 0.4) is 0 Å². The van der Waals surface area contributed by atoms with E-state index in [0.29, 0.717) is 19.8 Å². The number of hydrogen-bond acceptors (Lipinski definition) is 6. The van der Waals surface area contributed by atoms with Crippen molar-refractivity contribution < 1.29 is 4.74 Å². The minimum atomic E-state index is -0.0479. The largest absolute Gasteiger partial charge is 0.378 e. The lowest BCUT2D eigenvalue weighted by molar-refractivity contribution is 0.122. The van der Waals surface area contributed by atoms with Gasteiger partial charge >= 0.3 is 0 Å². The summed E-state index contributed by atoms with van der Waals surface area (Å²) < 4.78 is 7.11. The van der Waals surface area contributed by atoms with Gasteiger partial charge in [0.05, 0.1) is 13.2 Å². The number of para-hydroxylation sites is 1. The molecule has 2 aromatic heterocycles. The maximum atomic E-state index is 12.8. The average Bonchev–Trinajstić information content (AvgIpc) is 2.78. The molecule has 7 heteroatoms. The van der Waals surface area contributed by atoms with Gasteiger partial charge in [0.25, 0.3) is 5.56 Å². The smallest absolute Gasteiger partial charge is 0.259 e. The summed E-state index contributed by atoms with van der Waals surface area (Å²) in [6, 6.07) is 14.1. The fourth-order valence-electron chi connectivity index (χ4n) is 3.97. The molecule has 0 spiro atoms. The van der Waals surface area contributed by atoms with Crippen LogP contribution in [0, 0.1) is 6.92 Å². The molecule has 158 valence electrons. The molecule has 1 aromatic carbocycles. The number of nitrogens with zero attached hydrogens (tertiary/aromatic N) is 4. The summed E-state index contributed by atoms with van der Waals surface area (Å²) in [7, 11) is 0. The first kappa shape index (κ1) is 20.4. The van der Waals surface area contributed by atoms with Crippen LogP contribution in [0.1, 0.15) is 11.1 Å². The number of anilines is 2. The molecule has 0 aliphatic carbocycles. The van der Waals surface area contributed by atoms with E-state index in [-0.39, 0.29) is 5.56 Å². The Bertz CT molecular complexity index is 1040. The number of ether oxygens (including phenoxy) is 1. The van der Waals surface area contributed by atoms with Gasteiger partial charge in [-0.3, -0.25) is 9.20 Å². The van der Waals surface area contributed by atoms with Crippen LogP contribution in [0.4, 0.5) is 11.5 Å². The fraction of sp³-hybridized carbons (Fsp3) is 0.391. The Balaban J connectivity index is 1.66. The van der Waals surface area contributed by atoms with Crippen LogP contribution in [0.25, 0.3) is 5.65 Å². The van der Waals surface area contributed by atoms with Gasteiger partial charge in [0.2, 0.25) is 0 Å². The molecule has 2 N–H and O–H groups in total. The van der Waals surface area contributed by atoms with E-state index in [1.54, 1.807) is 10.5 Å². The van der Waals surface area contributed by atoms with Crippen LogP contribution in [-0.2, 0) is 11.2 Å². The minimum absolute atomic E-state index is 0.0479. The molecule has 0 unspecified atom stereocenters. The van der Waals surface area contributed by atoms with Crippen LogP contribution in [0.15, 0.2) is 53.5 Å². The van der Waals surface area contributed by atoms with Crippen molar-refractivity contribution in [2.24, 2.45) is 5.73 Å². The lowest BCUT2D eigenvalue weighted by atomic mass is 10.1. The number of morpholine rings is 1. The minimum Gasteiger partial charge on any atom is -0.378 e. The lowest BCUT2D eigenvalue weighted by Crippen LogP contribution is -2.37. The van der Waals surface area contributed by atoms with E-state index in [1.165, 1.54) is 0 Å². The summed E-state index contributed by atoms with van der Waals surface area (Å²) in [5.74, 6) is 0.732. The number of nitrogens with two attached hydrogens (primary N) is 1. The second kappa shape index (κ2) is 9.28. The molecule has 0 amide bonds. The summed E-state index contributed by atoms with van der Waals surface area (Å²) in [6.45, 7) is 7.00. The second-order valence-corrected chi connectivity index (χ2v) is 7.65. The van der Waals surface area contributed by atoms with E-state index in [0.717, 1.165) is 60.9 Å². The van der Waals surface area contributed by atoms with Gasteiger partial charge in [-0.05, 0) is 36.6 Å². The monoisotopic (exact) mass is 407 g/mol. The molecule has 3 aromatic rings. The Morgan fingerprint density at radius 1 is 1.13 bits per heavy atom. The second-order valence-electron chi connectivity index (χ2n) is 7.65. The van der Waals surface area contributed by atoms with E-state index >= 15 is 0 Å². The van der Waals surface area contributed by atoms with Gasteiger partial charge in [-0.2, -0.15) is 0 Å². The van der Waals surface area contributed by atoms with Gasteiger partial charge in [0.1, 0.15) is 11.5 Å². The van der Waals surface area contributed by atoms with Crippen LogP contribution in [0.5, 0.6) is 0 Å². The zero-order chi connectivity index (χ0) is 20.9. The van der Waals surface area contributed by atoms with E-state index in [1.807, 2.05) is 31.3 Å². The van der Waals surface area contributed by atoms with E-state index in [2.05, 4.69) is 28.0 Å². The predicted molar refractivity (Wildman–Crippen MR) is 121 cm³/mol. The molecular formula is C23H29N5O2. The van der Waals surface area contributed by atoms with Crippen molar-refractivity contribution in [3.05, 3.63) is 70.1 Å². The standard InChI is InChI=1S/C23H29N5O2/c1-18-15-19(7-9-26(10-8-24)20-5-3-2-4-6-20)23-25-21(16-22(29)28(23)17-18)27-11-13-30-14-12-27/h2-6,15-17H,7-14,24H2,1H3. The highest BCUT2D eigenvalue weighted by Gasteiger charge is 2.16. The molecule has 1 fully saturated rings. The highest BCUT2D eigenvalue weighted by atomic mass is 16.5. The lowest BCUT2D eigenvalue weighted by Gasteiger charge is -2.28. The number of fused-ring (bicyclic) bond motifs is 1. The van der Waals surface area contributed by atoms with Crippen molar-refractivity contribution in [2.45, 2.75) is 13.3 Å². The Morgan fingerprint density at radius 2 is 1.90 bits per heavy atom. The van der Waals surface area contributed by atoms with E-state index < -0.39 is 0 Å². The Hall–Kier alpha value is -2.90. The Kier molecular flexibility index (Phi) is 6.30. The molecule has 7 nitrogen and oxygen atoms in total. The fourth-order valence-corrected chi connectivity index (χ4v) is 3.97. The number of hydrogen-bond donors (Lipinski definition) is 1. The van der Waals surface area contributed by atoms with Crippen LogP contribution in [-0.4, -0.2) is 55.3 Å². The van der Waals surface area contributed by atoms with Crippen LogP contribution >= 0.6 is 0 Å². The molecule has 1 saturated heterocycles. The highest BCUT2D eigenvalue weighted by molar-refractivity contribution is 5.55. The van der Waals surface area contributed by atoms with Gasteiger partial charge < -0.3 is 20.3 Å². The number of pyridine rings is 1. The number of aryl methyl sites for hydroxylation is 1. The first-order valence-electron chi connectivity index (χ1n) is 10.5.